The van der Waals surface area contributed by atoms with Crippen LogP contribution in [0.25, 0.3) is 22.3 Å². The predicted octanol–water partition coefficient (Wildman–Crippen LogP) is 3.59. The lowest BCUT2D eigenvalue weighted by molar-refractivity contribution is -0.134. The minimum absolute atomic E-state index is 0.107. The second-order valence-corrected chi connectivity index (χ2v) is 15.7. The van der Waals surface area contributed by atoms with Gasteiger partial charge in [0.25, 0.3) is 10.0 Å². The highest BCUT2D eigenvalue weighted by Crippen LogP contribution is 2.33. The molecule has 6 heterocycles. The summed E-state index contributed by atoms with van der Waals surface area (Å²) in [5, 5.41) is 15.5. The normalized spacial score (nSPS) is 18.8. The molecule has 0 spiro atoms. The van der Waals surface area contributed by atoms with Gasteiger partial charge in [-0.15, -0.1) is 0 Å². The molecule has 1 aromatic carbocycles. The Bertz CT molecular complexity index is 2240. The summed E-state index contributed by atoms with van der Waals surface area (Å²) in [6.45, 7) is 8.15. The SMILES string of the molecule is CC(C)n1nc(N2CCN(Cc3ccccc3C3CCC(=O)NC3=O)CC2)c2cnc(Nc3ccnc(-c4cnn(S(=O)(=O)C5CC5)c4)n3)cc21. The lowest BCUT2D eigenvalue weighted by atomic mass is 9.87. The fourth-order valence-electron chi connectivity index (χ4n) is 6.86. The van der Waals surface area contributed by atoms with Gasteiger partial charge in [0.15, 0.2) is 11.6 Å². The van der Waals surface area contributed by atoms with Crippen LogP contribution in [-0.2, 0) is 26.2 Å². The van der Waals surface area contributed by atoms with Crippen molar-refractivity contribution in [2.24, 2.45) is 0 Å². The van der Waals surface area contributed by atoms with Crippen LogP contribution in [0, 0.1) is 0 Å². The Morgan fingerprint density at radius 2 is 1.78 bits per heavy atom. The van der Waals surface area contributed by atoms with E-state index in [2.05, 4.69) is 55.4 Å². The van der Waals surface area contributed by atoms with Crippen LogP contribution in [0.2, 0.25) is 0 Å². The van der Waals surface area contributed by atoms with E-state index in [1.807, 2.05) is 35.1 Å². The number of hydrogen-bond acceptors (Lipinski definition) is 12. The van der Waals surface area contributed by atoms with Crippen molar-refractivity contribution in [1.29, 1.82) is 0 Å². The van der Waals surface area contributed by atoms with Gasteiger partial charge in [-0.05, 0) is 50.3 Å². The van der Waals surface area contributed by atoms with Crippen LogP contribution in [0.3, 0.4) is 0 Å². The molecule has 2 saturated heterocycles. The summed E-state index contributed by atoms with van der Waals surface area (Å²) in [6, 6.07) is 11.9. The summed E-state index contributed by atoms with van der Waals surface area (Å²) in [6.07, 6.45) is 8.58. The number of carbonyl (C=O) groups excluding carboxylic acids is 2. The number of nitrogens with zero attached hydrogens (tertiary/aromatic N) is 9. The molecule has 2 N–H and O–H groups in total. The topological polar surface area (TPSA) is 173 Å². The van der Waals surface area contributed by atoms with E-state index in [4.69, 9.17) is 10.1 Å². The van der Waals surface area contributed by atoms with Gasteiger partial charge in [0.1, 0.15) is 11.6 Å². The summed E-state index contributed by atoms with van der Waals surface area (Å²) < 4.78 is 28.2. The van der Waals surface area contributed by atoms with Crippen LogP contribution in [0.5, 0.6) is 0 Å². The van der Waals surface area contributed by atoms with Crippen LogP contribution in [-0.4, -0.2) is 90.5 Å². The van der Waals surface area contributed by atoms with Crippen molar-refractivity contribution in [3.8, 4) is 11.4 Å². The van der Waals surface area contributed by atoms with Gasteiger partial charge in [-0.2, -0.15) is 14.3 Å². The Morgan fingerprint density at radius 1 is 0.980 bits per heavy atom. The van der Waals surface area contributed by atoms with Crippen molar-refractivity contribution in [1.82, 2.24) is 44.1 Å². The van der Waals surface area contributed by atoms with Crippen LogP contribution in [0.15, 0.2) is 61.2 Å². The number of piperidine rings is 1. The fourth-order valence-corrected chi connectivity index (χ4v) is 8.33. The average molecular weight is 710 g/mol. The van der Waals surface area contributed by atoms with E-state index in [1.165, 1.54) is 12.4 Å². The molecule has 3 fully saturated rings. The van der Waals surface area contributed by atoms with E-state index in [0.29, 0.717) is 48.7 Å². The number of carbonyl (C=O) groups is 2. The second kappa shape index (κ2) is 13.2. The van der Waals surface area contributed by atoms with Crippen molar-refractivity contribution in [2.45, 2.75) is 63.3 Å². The first-order valence-electron chi connectivity index (χ1n) is 17.3. The molecule has 1 atom stereocenters. The van der Waals surface area contributed by atoms with Gasteiger partial charge < -0.3 is 10.2 Å². The zero-order valence-corrected chi connectivity index (χ0v) is 29.3. The highest BCUT2D eigenvalue weighted by molar-refractivity contribution is 7.90. The van der Waals surface area contributed by atoms with E-state index in [0.717, 1.165) is 64.7 Å². The molecule has 15 nitrogen and oxygen atoms in total. The first-order chi connectivity index (χ1) is 24.6. The van der Waals surface area contributed by atoms with Crippen molar-refractivity contribution in [3.05, 3.63) is 72.3 Å². The van der Waals surface area contributed by atoms with Crippen molar-refractivity contribution >= 4 is 50.2 Å². The minimum atomic E-state index is -3.48. The number of aromatic nitrogens is 7. The van der Waals surface area contributed by atoms with Crippen LogP contribution in [0.1, 0.15) is 62.6 Å². The first kappa shape index (κ1) is 33.0. The Kier molecular flexibility index (Phi) is 8.50. The number of hydrogen-bond donors (Lipinski definition) is 2. The second-order valence-electron chi connectivity index (χ2n) is 13.7. The fraction of sp³-hybridized carbons (Fsp3) is 0.400. The number of benzene rings is 1. The predicted molar refractivity (Wildman–Crippen MR) is 191 cm³/mol. The van der Waals surface area contributed by atoms with E-state index < -0.39 is 10.0 Å². The number of rotatable bonds is 10. The standard InChI is InChI=1S/C35H39N11O4S/c1-22(2)46-29-17-31(39-30-11-12-36-33(40-30)24-18-38-45(21-24)51(49,50)25-7-8-25)37-19-28(29)34(42-46)44-15-13-43(14-16-44)20-23-5-3-4-6-26(23)27-9-10-32(47)41-35(27)48/h3-6,11-12,17-19,21-22,25,27H,7-10,13-16,20H2,1-2H3,(H,41,47,48)(H,36,37,39,40). The van der Waals surface area contributed by atoms with Gasteiger partial charge in [0, 0.05) is 63.6 Å². The molecule has 51 heavy (non-hydrogen) atoms. The lowest BCUT2D eigenvalue weighted by Crippen LogP contribution is -2.46. The highest BCUT2D eigenvalue weighted by atomic mass is 32.2. The monoisotopic (exact) mass is 709 g/mol. The summed E-state index contributed by atoms with van der Waals surface area (Å²) >= 11 is 0. The Morgan fingerprint density at radius 3 is 2.55 bits per heavy atom. The number of nitrogens with one attached hydrogen (secondary N) is 2. The zero-order valence-electron chi connectivity index (χ0n) is 28.4. The third-order valence-corrected chi connectivity index (χ3v) is 11.8. The van der Waals surface area contributed by atoms with E-state index >= 15 is 0 Å². The molecule has 3 aliphatic rings. The van der Waals surface area contributed by atoms with Gasteiger partial charge >= 0.3 is 0 Å². The van der Waals surface area contributed by atoms with E-state index in [9.17, 15) is 18.0 Å². The van der Waals surface area contributed by atoms with Crippen LogP contribution < -0.4 is 15.5 Å². The molecule has 2 amide bonds. The minimum Gasteiger partial charge on any atom is -0.352 e. The number of imide groups is 1. The Labute approximate surface area is 295 Å². The maximum atomic E-state index is 12.6. The highest BCUT2D eigenvalue weighted by Gasteiger charge is 2.38. The average Bonchev–Trinajstić information content (AvgIpc) is 3.74. The third kappa shape index (κ3) is 6.56. The Balaban J connectivity index is 0.968. The number of piperazine rings is 1. The van der Waals surface area contributed by atoms with Gasteiger partial charge in [-0.25, -0.2) is 23.4 Å². The third-order valence-electron chi connectivity index (χ3n) is 9.73. The molecule has 0 radical (unpaired) electrons. The zero-order chi connectivity index (χ0) is 35.3. The number of amides is 2. The maximum Gasteiger partial charge on any atom is 0.256 e. The van der Waals surface area contributed by atoms with Gasteiger partial charge in [0.2, 0.25) is 11.8 Å². The van der Waals surface area contributed by atoms with Crippen molar-refractivity contribution in [3.63, 3.8) is 0 Å². The molecule has 5 aromatic rings. The Hall–Kier alpha value is -5.22. The molecular weight excluding hydrogens is 671 g/mol. The molecule has 1 unspecified atom stereocenters. The van der Waals surface area contributed by atoms with E-state index in [1.54, 1.807) is 12.3 Å². The summed E-state index contributed by atoms with van der Waals surface area (Å²) in [7, 11) is -3.48. The number of pyridine rings is 1. The smallest absolute Gasteiger partial charge is 0.256 e. The quantitative estimate of drug-likeness (QED) is 0.202. The summed E-state index contributed by atoms with van der Waals surface area (Å²) in [5.74, 6) is 1.62. The van der Waals surface area contributed by atoms with Gasteiger partial charge in [-0.1, -0.05) is 24.3 Å². The largest absolute Gasteiger partial charge is 0.352 e. The lowest BCUT2D eigenvalue weighted by Gasteiger charge is -2.35. The molecule has 4 aromatic heterocycles. The first-order valence-corrected chi connectivity index (χ1v) is 18.8. The molecule has 8 rings (SSSR count). The number of anilines is 3. The van der Waals surface area contributed by atoms with Crippen molar-refractivity contribution < 1.29 is 18.0 Å². The molecule has 0 bridgehead atoms. The maximum absolute atomic E-state index is 12.6. The summed E-state index contributed by atoms with van der Waals surface area (Å²) in [4.78, 5) is 42.7. The van der Waals surface area contributed by atoms with Crippen molar-refractivity contribution in [2.75, 3.05) is 36.4 Å². The molecule has 2 aliphatic heterocycles. The van der Waals surface area contributed by atoms with Gasteiger partial charge in [0.05, 0.1) is 40.0 Å². The number of fused-ring (bicyclic) bond motifs is 1. The van der Waals surface area contributed by atoms with E-state index in [-0.39, 0.29) is 29.0 Å². The molecule has 264 valence electrons. The molecule has 1 saturated carbocycles. The summed E-state index contributed by atoms with van der Waals surface area (Å²) in [5.41, 5.74) is 3.56. The molecule has 1 aliphatic carbocycles. The molecular formula is C35H39N11O4S. The van der Waals surface area contributed by atoms with Gasteiger partial charge in [-0.3, -0.25) is 24.5 Å². The van der Waals surface area contributed by atoms with Crippen LogP contribution in [0.4, 0.5) is 17.5 Å². The van der Waals surface area contributed by atoms with Crippen LogP contribution >= 0.6 is 0 Å². The molecule has 16 heteroatoms.